The van der Waals surface area contributed by atoms with E-state index in [-0.39, 0.29) is 43.6 Å². The Morgan fingerprint density at radius 2 is 1.00 bits per heavy atom. The van der Waals surface area contributed by atoms with Crippen LogP contribution in [0.15, 0.2) is 0 Å². The van der Waals surface area contributed by atoms with Gasteiger partial charge in [-0.3, -0.25) is 0 Å². The molecule has 3 heteroatoms. The van der Waals surface area contributed by atoms with Crippen LogP contribution in [0.25, 0.3) is 0 Å². The van der Waals surface area contributed by atoms with Crippen molar-refractivity contribution >= 4 is 13.5 Å². The standard InChI is InChI=1S/C.N.Ni.S. The van der Waals surface area contributed by atoms with Crippen LogP contribution in [0, 0.1) is 7.43 Å². The quantitative estimate of drug-likeness (QED) is 0.407. The Morgan fingerprint density at radius 3 is 1.00 bits per heavy atom. The first kappa shape index (κ1) is 108. The molecule has 0 aliphatic rings. The number of hydrogen-bond donors (Lipinski definition) is 0. The summed E-state index contributed by atoms with van der Waals surface area (Å²) in [7, 11) is 0. The second kappa shape index (κ2) is 46.3. The molecule has 0 spiro atoms. The van der Waals surface area contributed by atoms with Crippen LogP contribution in [0.2, 0.25) is 0 Å². The molecule has 4 heavy (non-hydrogen) atoms. The minimum absolute atomic E-state index is 0. The van der Waals surface area contributed by atoms with Gasteiger partial charge in [0.05, 0.1) is 0 Å². The Labute approximate surface area is 44.1 Å². The number of hydrogen-bond acceptors (Lipinski definition) is 0. The monoisotopic (exact) mass is 116 g/mol. The van der Waals surface area contributed by atoms with Crippen LogP contribution in [-0.4, -0.2) is 0 Å². The second-order valence-corrected chi connectivity index (χ2v) is 0. The molecule has 0 amide bonds. The van der Waals surface area contributed by atoms with Gasteiger partial charge in [0.2, 0.25) is 0 Å². The van der Waals surface area contributed by atoms with E-state index < -0.39 is 0 Å². The van der Waals surface area contributed by atoms with Crippen LogP contribution in [0.1, 0.15) is 0 Å². The van der Waals surface area contributed by atoms with E-state index in [9.17, 15) is 0 Å². The fourth-order valence-electron chi connectivity index (χ4n) is 0. The van der Waals surface area contributed by atoms with E-state index in [2.05, 4.69) is 0 Å². The Morgan fingerprint density at radius 1 is 1.00 bits per heavy atom. The van der Waals surface area contributed by atoms with Gasteiger partial charge in [0.25, 0.3) is 0 Å². The summed E-state index contributed by atoms with van der Waals surface area (Å²) < 4.78 is 0. The Bertz CT molecular complexity index is 8.00. The molecule has 0 aromatic carbocycles. The third-order valence-electron chi connectivity index (χ3n) is 0. The molecule has 1 nitrogen and oxygen atoms in total. The van der Waals surface area contributed by atoms with E-state index in [4.69, 9.17) is 0 Å². The van der Waals surface area contributed by atoms with Gasteiger partial charge in [0.15, 0.2) is 0 Å². The first-order valence-corrected chi connectivity index (χ1v) is 0. The molecule has 0 saturated carbocycles. The molecule has 0 unspecified atom stereocenters. The smallest absolute Gasteiger partial charge is 0 e. The van der Waals surface area contributed by atoms with Gasteiger partial charge in [-0.05, 0) is 0 Å². The van der Waals surface area contributed by atoms with Crippen molar-refractivity contribution in [1.29, 1.82) is 0 Å². The van der Waals surface area contributed by atoms with Crippen molar-refractivity contribution in [2.45, 2.75) is 0 Å². The normalized spacial score (nSPS) is 0. The molecule has 0 heterocycles. The summed E-state index contributed by atoms with van der Waals surface area (Å²) in [4.78, 5) is 0. The molecule has 0 aliphatic heterocycles. The summed E-state index contributed by atoms with van der Waals surface area (Å²) in [5, 5.41) is 0. The van der Waals surface area contributed by atoms with E-state index in [0.717, 1.165) is 0 Å². The molecular weight excluding hydrogens is 117 g/mol. The summed E-state index contributed by atoms with van der Waals surface area (Å²) in [6.07, 6.45) is 0. The summed E-state index contributed by atoms with van der Waals surface area (Å²) >= 11 is 0. The predicted octanol–water partition coefficient (Wildman–Crippen LogP) is 0.246. The van der Waals surface area contributed by atoms with Crippen molar-refractivity contribution in [2.75, 3.05) is 0 Å². The van der Waals surface area contributed by atoms with Crippen LogP contribution in [0.5, 0.6) is 0 Å². The van der Waals surface area contributed by atoms with Crippen molar-refractivity contribution in [3.63, 3.8) is 0 Å². The van der Waals surface area contributed by atoms with E-state index in [1.54, 1.807) is 0 Å². The fourth-order valence-corrected chi connectivity index (χ4v) is 0. The maximum Gasteiger partial charge on any atom is 0 e. The van der Waals surface area contributed by atoms with E-state index in [1.807, 2.05) is 0 Å². The largest absolute Gasteiger partial charge is 0 e. The summed E-state index contributed by atoms with van der Waals surface area (Å²) in [5.74, 6) is 0. The van der Waals surface area contributed by atoms with Gasteiger partial charge in [-0.2, -0.15) is 0 Å². The molecule has 0 saturated heterocycles. The third-order valence-corrected chi connectivity index (χ3v) is 0. The molecule has 0 aromatic heterocycles. The summed E-state index contributed by atoms with van der Waals surface area (Å²) in [6.45, 7) is 0. The van der Waals surface area contributed by atoms with Gasteiger partial charge in [-0.25, -0.2) is 0 Å². The second-order valence-electron chi connectivity index (χ2n) is 0. The molecule has 0 rings (SSSR count). The van der Waals surface area contributed by atoms with E-state index >= 15 is 0 Å². The molecule has 0 fully saturated rings. The SMILES string of the molecule is [C].[N].[Ni].[S]. The van der Waals surface area contributed by atoms with Gasteiger partial charge >= 0.3 is 0 Å². The minimum atomic E-state index is 0. The minimum Gasteiger partial charge on any atom is 0 e. The van der Waals surface area contributed by atoms with Gasteiger partial charge in [0, 0.05) is 43.6 Å². The molecule has 0 atom stereocenters. The third kappa shape index (κ3) is 14.1. The van der Waals surface area contributed by atoms with E-state index in [0.29, 0.717) is 0 Å². The van der Waals surface area contributed by atoms with Crippen LogP contribution in [0.3, 0.4) is 0 Å². The maximum atomic E-state index is 0. The summed E-state index contributed by atoms with van der Waals surface area (Å²) in [5.41, 5.74) is 0. The van der Waals surface area contributed by atoms with Crippen molar-refractivity contribution in [3.8, 4) is 0 Å². The van der Waals surface area contributed by atoms with Gasteiger partial charge in [-0.15, -0.1) is 0 Å². The first-order valence-electron chi connectivity index (χ1n) is 0. The maximum absolute atomic E-state index is 0. The molecule has 0 aliphatic carbocycles. The molecule has 0 bridgehead atoms. The zero-order valence-corrected chi connectivity index (χ0v) is 3.48. The molecule has 25 valence electrons. The topological polar surface area (TPSA) is 30.5 Å². The fraction of sp³-hybridized carbons (Fsp3) is 0. The van der Waals surface area contributed by atoms with Gasteiger partial charge in [0.1, 0.15) is 0 Å². The van der Waals surface area contributed by atoms with Crippen molar-refractivity contribution in [1.82, 2.24) is 6.15 Å². The molecular formula is CNNiS. The Hall–Kier alpha value is 0.804. The zero-order valence-electron chi connectivity index (χ0n) is 1.67. The van der Waals surface area contributed by atoms with Crippen molar-refractivity contribution < 1.29 is 16.5 Å². The number of rotatable bonds is 0. The van der Waals surface area contributed by atoms with Gasteiger partial charge < -0.3 is 0 Å². The predicted molar refractivity (Wildman–Crippen MR) is 13.0 cm³/mol. The van der Waals surface area contributed by atoms with Crippen molar-refractivity contribution in [2.24, 2.45) is 0 Å². The van der Waals surface area contributed by atoms with E-state index in [1.165, 1.54) is 0 Å². The zero-order chi connectivity index (χ0) is 0. The molecule has 0 N–H and O–H groups in total. The molecule has 0 aromatic rings. The van der Waals surface area contributed by atoms with Crippen LogP contribution in [0.4, 0.5) is 0 Å². The van der Waals surface area contributed by atoms with Crippen molar-refractivity contribution in [3.05, 3.63) is 7.43 Å². The summed E-state index contributed by atoms with van der Waals surface area (Å²) in [6, 6.07) is 0. The van der Waals surface area contributed by atoms with Crippen LogP contribution in [-0.2, 0) is 16.5 Å². The average molecular weight is 117 g/mol. The van der Waals surface area contributed by atoms with Gasteiger partial charge in [-0.1, -0.05) is 0 Å². The average Bonchev–Trinajstić information content (AvgIpc) is 0. The first-order chi connectivity index (χ1) is 0. The van der Waals surface area contributed by atoms with Crippen LogP contribution >= 0.6 is 13.5 Å². The Balaban J connectivity index is 0. The Kier molecular flexibility index (Phi) is 1250. The number of nitrogens with zero attached hydrogens (tertiary/aromatic N) is 1. The van der Waals surface area contributed by atoms with Crippen LogP contribution < -0.4 is 6.15 Å². The molecule has 9 radical (unpaired) electrons.